The summed E-state index contributed by atoms with van der Waals surface area (Å²) in [5.41, 5.74) is 0. The van der Waals surface area contributed by atoms with Gasteiger partial charge in [-0.15, -0.1) is 0 Å². The maximum atomic E-state index is 5.11. The van der Waals surface area contributed by atoms with E-state index in [0.717, 1.165) is 32.7 Å². The molecule has 0 radical (unpaired) electrons. The second-order valence-corrected chi connectivity index (χ2v) is 4.52. The zero-order chi connectivity index (χ0) is 13.7. The Hall–Kier alpha value is -1.63. The monoisotopic (exact) mass is 266 g/mol. The van der Waals surface area contributed by atoms with Crippen molar-refractivity contribution in [3.63, 3.8) is 0 Å². The molecule has 7 nitrogen and oxygen atoms in total. The summed E-state index contributed by atoms with van der Waals surface area (Å²) in [5, 5.41) is 2.93. The van der Waals surface area contributed by atoms with Crippen LogP contribution in [0.25, 0.3) is 0 Å². The summed E-state index contributed by atoms with van der Waals surface area (Å²) in [4.78, 5) is 17.5. The number of piperazine rings is 1. The lowest BCUT2D eigenvalue weighted by molar-refractivity contribution is 0.257. The van der Waals surface area contributed by atoms with Gasteiger partial charge in [-0.3, -0.25) is 4.90 Å². The number of methoxy groups -OCH3 is 1. The molecule has 1 aromatic heterocycles. The molecule has 0 unspecified atom stereocenters. The molecule has 0 aliphatic carbocycles. The number of aromatic nitrogens is 3. The third kappa shape index (κ3) is 3.44. The first kappa shape index (κ1) is 13.8. The Morgan fingerprint density at radius 3 is 2.47 bits per heavy atom. The van der Waals surface area contributed by atoms with Gasteiger partial charge in [0.15, 0.2) is 0 Å². The predicted octanol–water partition coefficient (Wildman–Crippen LogP) is 0.454. The molecule has 0 bridgehead atoms. The molecular formula is C12H22N6O. The first-order valence-electron chi connectivity index (χ1n) is 6.72. The highest BCUT2D eigenvalue weighted by Crippen LogP contribution is 2.16. The molecule has 0 saturated carbocycles. The van der Waals surface area contributed by atoms with Crippen molar-refractivity contribution in [3.8, 4) is 6.01 Å². The second kappa shape index (κ2) is 6.51. The quantitative estimate of drug-likeness (QED) is 0.830. The highest BCUT2D eigenvalue weighted by atomic mass is 16.5. The van der Waals surface area contributed by atoms with E-state index in [0.29, 0.717) is 17.9 Å². The summed E-state index contributed by atoms with van der Waals surface area (Å²) in [5.74, 6) is 1.23. The number of hydrogen-bond donors (Lipinski definition) is 1. The minimum Gasteiger partial charge on any atom is -0.467 e. The standard InChI is InChI=1S/C12H22N6O/c1-4-5-17-6-8-18(9-7-17)11-14-10(13-2)15-12(16-11)19-3/h4-9H2,1-3H3,(H,13,14,15,16). The van der Waals surface area contributed by atoms with E-state index in [1.807, 2.05) is 0 Å². The van der Waals surface area contributed by atoms with Crippen molar-refractivity contribution in [2.75, 3.05) is 57.1 Å². The largest absolute Gasteiger partial charge is 0.467 e. The van der Waals surface area contributed by atoms with Gasteiger partial charge in [0.1, 0.15) is 0 Å². The Bertz CT molecular complexity index is 383. The van der Waals surface area contributed by atoms with Crippen molar-refractivity contribution in [3.05, 3.63) is 0 Å². The molecule has 0 amide bonds. The maximum Gasteiger partial charge on any atom is 0.322 e. The highest BCUT2D eigenvalue weighted by molar-refractivity contribution is 5.38. The smallest absolute Gasteiger partial charge is 0.322 e. The van der Waals surface area contributed by atoms with E-state index in [4.69, 9.17) is 4.74 Å². The summed E-state index contributed by atoms with van der Waals surface area (Å²) >= 11 is 0. The third-order valence-electron chi connectivity index (χ3n) is 3.20. The molecule has 1 aromatic rings. The Labute approximate surface area is 114 Å². The average molecular weight is 266 g/mol. The molecule has 2 heterocycles. The van der Waals surface area contributed by atoms with Gasteiger partial charge in [0, 0.05) is 33.2 Å². The van der Waals surface area contributed by atoms with Gasteiger partial charge in [0.05, 0.1) is 7.11 Å². The fourth-order valence-electron chi connectivity index (χ4n) is 2.18. The SMILES string of the molecule is CCCN1CCN(c2nc(NC)nc(OC)n2)CC1. The molecule has 0 spiro atoms. The summed E-state index contributed by atoms with van der Waals surface area (Å²) in [6, 6.07) is 0.352. The van der Waals surface area contributed by atoms with E-state index in [2.05, 4.69) is 37.0 Å². The summed E-state index contributed by atoms with van der Waals surface area (Å²) in [6.07, 6.45) is 1.20. The molecule has 1 saturated heterocycles. The van der Waals surface area contributed by atoms with Gasteiger partial charge in [-0.05, 0) is 13.0 Å². The van der Waals surface area contributed by atoms with E-state index in [1.165, 1.54) is 6.42 Å². The Balaban J connectivity index is 2.06. The normalized spacial score (nSPS) is 16.5. The molecule has 1 aliphatic rings. The lowest BCUT2D eigenvalue weighted by atomic mass is 10.3. The molecule has 7 heteroatoms. The Morgan fingerprint density at radius 2 is 1.89 bits per heavy atom. The van der Waals surface area contributed by atoms with E-state index in [9.17, 15) is 0 Å². The van der Waals surface area contributed by atoms with Gasteiger partial charge < -0.3 is 15.0 Å². The van der Waals surface area contributed by atoms with E-state index in [1.54, 1.807) is 14.2 Å². The number of anilines is 2. The third-order valence-corrected chi connectivity index (χ3v) is 3.20. The number of nitrogens with zero attached hydrogens (tertiary/aromatic N) is 5. The average Bonchev–Trinajstić information content (AvgIpc) is 2.47. The minimum absolute atomic E-state index is 0.352. The van der Waals surface area contributed by atoms with Gasteiger partial charge in [0.25, 0.3) is 0 Å². The molecule has 2 rings (SSSR count). The lowest BCUT2D eigenvalue weighted by Crippen LogP contribution is -2.47. The van der Waals surface area contributed by atoms with E-state index in [-0.39, 0.29) is 0 Å². The van der Waals surface area contributed by atoms with Gasteiger partial charge in [0.2, 0.25) is 11.9 Å². The molecule has 0 aromatic carbocycles. The second-order valence-electron chi connectivity index (χ2n) is 4.52. The summed E-state index contributed by atoms with van der Waals surface area (Å²) < 4.78 is 5.11. The number of rotatable bonds is 5. The van der Waals surface area contributed by atoms with Crippen molar-refractivity contribution in [2.24, 2.45) is 0 Å². The fraction of sp³-hybridized carbons (Fsp3) is 0.750. The molecule has 1 fully saturated rings. The van der Waals surface area contributed by atoms with Crippen LogP contribution in [0.5, 0.6) is 6.01 Å². The fourth-order valence-corrected chi connectivity index (χ4v) is 2.18. The van der Waals surface area contributed by atoms with Crippen molar-refractivity contribution in [1.29, 1.82) is 0 Å². The van der Waals surface area contributed by atoms with Crippen LogP contribution in [0, 0.1) is 0 Å². The van der Waals surface area contributed by atoms with Crippen molar-refractivity contribution in [2.45, 2.75) is 13.3 Å². The zero-order valence-corrected chi connectivity index (χ0v) is 11.9. The van der Waals surface area contributed by atoms with Gasteiger partial charge in [-0.2, -0.15) is 15.0 Å². The van der Waals surface area contributed by atoms with Crippen LogP contribution in [-0.2, 0) is 0 Å². The topological polar surface area (TPSA) is 66.4 Å². The number of hydrogen-bond acceptors (Lipinski definition) is 7. The number of nitrogens with one attached hydrogen (secondary N) is 1. The Kier molecular flexibility index (Phi) is 4.73. The number of ether oxygens (including phenoxy) is 1. The molecule has 1 N–H and O–H groups in total. The molecule has 19 heavy (non-hydrogen) atoms. The van der Waals surface area contributed by atoms with Crippen LogP contribution in [0.3, 0.4) is 0 Å². The minimum atomic E-state index is 0.352. The van der Waals surface area contributed by atoms with Crippen molar-refractivity contribution >= 4 is 11.9 Å². The predicted molar refractivity (Wildman–Crippen MR) is 74.9 cm³/mol. The van der Waals surface area contributed by atoms with Crippen LogP contribution < -0.4 is 15.0 Å². The van der Waals surface area contributed by atoms with Crippen LogP contribution in [0.2, 0.25) is 0 Å². The molecule has 1 aliphatic heterocycles. The molecular weight excluding hydrogens is 244 g/mol. The van der Waals surface area contributed by atoms with Crippen LogP contribution in [0.4, 0.5) is 11.9 Å². The van der Waals surface area contributed by atoms with Crippen LogP contribution >= 0.6 is 0 Å². The van der Waals surface area contributed by atoms with Crippen LogP contribution in [0.1, 0.15) is 13.3 Å². The van der Waals surface area contributed by atoms with Crippen LogP contribution in [0.15, 0.2) is 0 Å². The lowest BCUT2D eigenvalue weighted by Gasteiger charge is -2.34. The summed E-state index contributed by atoms with van der Waals surface area (Å²) in [7, 11) is 3.36. The van der Waals surface area contributed by atoms with Gasteiger partial charge in [-0.25, -0.2) is 0 Å². The van der Waals surface area contributed by atoms with E-state index < -0.39 is 0 Å². The van der Waals surface area contributed by atoms with Gasteiger partial charge >= 0.3 is 6.01 Å². The van der Waals surface area contributed by atoms with E-state index >= 15 is 0 Å². The summed E-state index contributed by atoms with van der Waals surface area (Å²) in [6.45, 7) is 7.36. The van der Waals surface area contributed by atoms with Crippen molar-refractivity contribution < 1.29 is 4.74 Å². The van der Waals surface area contributed by atoms with Crippen LogP contribution in [-0.4, -0.2) is 66.7 Å². The molecule has 106 valence electrons. The molecule has 0 atom stereocenters. The zero-order valence-electron chi connectivity index (χ0n) is 11.9. The highest BCUT2D eigenvalue weighted by Gasteiger charge is 2.19. The van der Waals surface area contributed by atoms with Crippen molar-refractivity contribution in [1.82, 2.24) is 19.9 Å². The maximum absolute atomic E-state index is 5.11. The first-order valence-corrected chi connectivity index (χ1v) is 6.72. The Morgan fingerprint density at radius 1 is 1.16 bits per heavy atom. The first-order chi connectivity index (χ1) is 9.26. The van der Waals surface area contributed by atoms with Gasteiger partial charge in [-0.1, -0.05) is 6.92 Å².